The molecule has 14 nitrogen and oxygen atoms in total. The van der Waals surface area contributed by atoms with Gasteiger partial charge in [-0.05, 0) is 97.4 Å². The number of carbonyl (C=O) groups is 2. The minimum atomic E-state index is -0.962. The lowest BCUT2D eigenvalue weighted by molar-refractivity contribution is 0.0209. The average molecular weight is 845 g/mol. The van der Waals surface area contributed by atoms with Crippen LogP contribution in [0.2, 0.25) is 0 Å². The number of nitrogens with one attached hydrogen (secondary N) is 1. The van der Waals surface area contributed by atoms with Gasteiger partial charge in [0.2, 0.25) is 0 Å². The second-order valence-corrected chi connectivity index (χ2v) is 19.8. The van der Waals surface area contributed by atoms with Crippen LogP contribution in [0.25, 0.3) is 32.2 Å². The highest BCUT2D eigenvalue weighted by atomic mass is 32.1. The van der Waals surface area contributed by atoms with Gasteiger partial charge in [-0.3, -0.25) is 15.2 Å². The number of alkyl halides is 1. The Labute approximate surface area is 351 Å². The van der Waals surface area contributed by atoms with Crippen LogP contribution < -0.4 is 15.0 Å². The molecule has 0 radical (unpaired) electrons. The summed E-state index contributed by atoms with van der Waals surface area (Å²) in [5, 5.41) is 14.5. The molecule has 9 rings (SSSR count). The van der Waals surface area contributed by atoms with Gasteiger partial charge in [0.05, 0.1) is 35.4 Å². The van der Waals surface area contributed by atoms with Crippen molar-refractivity contribution in [3.63, 3.8) is 0 Å². The van der Waals surface area contributed by atoms with Crippen molar-refractivity contribution < 1.29 is 37.3 Å². The highest BCUT2D eigenvalue weighted by Gasteiger charge is 2.50. The Kier molecular flexibility index (Phi) is 9.87. The molecule has 4 fully saturated rings. The number of benzene rings is 1. The van der Waals surface area contributed by atoms with Crippen LogP contribution in [0, 0.1) is 24.1 Å². The first kappa shape index (κ1) is 40.5. The fraction of sp³-hybridized carbons (Fsp3) is 0.581. The van der Waals surface area contributed by atoms with E-state index in [1.54, 1.807) is 31.9 Å². The first-order valence-corrected chi connectivity index (χ1v) is 21.5. The van der Waals surface area contributed by atoms with Gasteiger partial charge >= 0.3 is 18.2 Å². The molecular weight excluding hydrogens is 795 g/mol. The van der Waals surface area contributed by atoms with E-state index < -0.39 is 34.8 Å². The topological polar surface area (TPSA) is 155 Å². The summed E-state index contributed by atoms with van der Waals surface area (Å²) in [4.78, 5) is 46.9. The Morgan fingerprint density at radius 1 is 1.05 bits per heavy atom. The molecule has 2 amide bonds. The van der Waals surface area contributed by atoms with Gasteiger partial charge < -0.3 is 28.7 Å². The van der Waals surface area contributed by atoms with Gasteiger partial charge in [0.15, 0.2) is 5.82 Å². The van der Waals surface area contributed by atoms with E-state index in [4.69, 9.17) is 33.9 Å². The van der Waals surface area contributed by atoms with Gasteiger partial charge in [-0.25, -0.2) is 18.4 Å². The van der Waals surface area contributed by atoms with Crippen molar-refractivity contribution in [2.75, 3.05) is 43.0 Å². The summed E-state index contributed by atoms with van der Waals surface area (Å²) >= 11 is 1.19. The highest BCUT2D eigenvalue weighted by Crippen LogP contribution is 2.49. The normalized spacial score (nSPS) is 23.9. The third-order valence-electron chi connectivity index (χ3n) is 12.2. The van der Waals surface area contributed by atoms with E-state index in [1.165, 1.54) is 11.3 Å². The van der Waals surface area contributed by atoms with Crippen LogP contribution >= 0.6 is 11.3 Å². The van der Waals surface area contributed by atoms with E-state index in [0.717, 1.165) is 37.8 Å². The molecule has 60 heavy (non-hydrogen) atoms. The quantitative estimate of drug-likeness (QED) is 0.199. The van der Waals surface area contributed by atoms with Crippen LogP contribution in [0.1, 0.15) is 95.9 Å². The van der Waals surface area contributed by atoms with Crippen molar-refractivity contribution >= 4 is 55.3 Å². The molecule has 5 aliphatic heterocycles. The Morgan fingerprint density at radius 2 is 1.77 bits per heavy atom. The molecule has 4 atom stereocenters. The Morgan fingerprint density at radius 3 is 2.47 bits per heavy atom. The minimum Gasteiger partial charge on any atom is -0.461 e. The van der Waals surface area contributed by atoms with Crippen molar-refractivity contribution in [2.45, 2.75) is 129 Å². The SMILES string of the molecule is Cc1cnc(-c2c3c(c4c(N5C6CCC5CN(C(=O)OC(C)(C)C)C6)nc(OC[C@@]56CCCN5C[C@H](F)C6)nc4c2F)COC3)c2c(C#N)c(NC(=O)OC(C)(C)C)sc12. The monoisotopic (exact) mass is 844 g/mol. The number of ether oxygens (including phenoxy) is 4. The molecule has 0 saturated carbocycles. The van der Waals surface area contributed by atoms with Crippen LogP contribution in [-0.4, -0.2) is 105 Å². The van der Waals surface area contributed by atoms with Crippen molar-refractivity contribution in [1.29, 1.82) is 5.26 Å². The summed E-state index contributed by atoms with van der Waals surface area (Å²) < 4.78 is 57.3. The fourth-order valence-corrected chi connectivity index (χ4v) is 11.0. The lowest BCUT2D eigenvalue weighted by Crippen LogP contribution is -2.56. The Balaban J connectivity index is 1.20. The number of hydrogen-bond acceptors (Lipinski definition) is 13. The number of nitriles is 1. The molecule has 2 unspecified atom stereocenters. The summed E-state index contributed by atoms with van der Waals surface area (Å²) in [5.74, 6) is -0.185. The summed E-state index contributed by atoms with van der Waals surface area (Å²) in [7, 11) is 0. The second kappa shape index (κ2) is 14.6. The maximum absolute atomic E-state index is 18.0. The van der Waals surface area contributed by atoms with Gasteiger partial charge in [0.25, 0.3) is 0 Å². The molecule has 8 heterocycles. The number of anilines is 2. The molecule has 4 saturated heterocycles. The third kappa shape index (κ3) is 7.03. The van der Waals surface area contributed by atoms with E-state index in [9.17, 15) is 19.2 Å². The predicted octanol–water partition coefficient (Wildman–Crippen LogP) is 8.15. The summed E-state index contributed by atoms with van der Waals surface area (Å²) in [6.07, 6.45) is 3.17. The van der Waals surface area contributed by atoms with Gasteiger partial charge in [-0.2, -0.15) is 15.2 Å². The third-order valence-corrected chi connectivity index (χ3v) is 13.5. The number of aryl methyl sites for hydroxylation is 1. The molecular formula is C43H50F2N8O6S. The van der Waals surface area contributed by atoms with E-state index in [0.29, 0.717) is 58.5 Å². The number of thiophene rings is 1. The number of pyridine rings is 1. The molecule has 318 valence electrons. The van der Waals surface area contributed by atoms with Gasteiger partial charge in [-0.15, -0.1) is 11.3 Å². The zero-order chi connectivity index (χ0) is 42.5. The fourth-order valence-electron chi connectivity index (χ4n) is 9.86. The molecule has 0 aliphatic carbocycles. The maximum atomic E-state index is 18.0. The first-order chi connectivity index (χ1) is 28.4. The summed E-state index contributed by atoms with van der Waals surface area (Å²) in [6, 6.07) is 1.92. The molecule has 1 N–H and O–H groups in total. The number of fused-ring (bicyclic) bond motifs is 7. The standard InChI is InChI=1S/C43H50F2N8O6S/c1-22-15-47-33(30-26(14-46)37(60-35(22)30)50-39(54)58-41(2,3)4)29-27-19-56-20-28(27)31-34(32(29)45)48-38(57-21-43-11-8-12-52(43)16-23(44)13-43)49-36(31)53-24-9-10-25(53)18-51(17-24)40(55)59-42(5,6)7/h15,23-25H,8-13,16-21H2,1-7H3,(H,50,54)/t23-,24?,25?,43+/m1/s1. The molecule has 5 aliphatic rings. The van der Waals surface area contributed by atoms with E-state index in [2.05, 4.69) is 21.2 Å². The van der Waals surface area contributed by atoms with Crippen molar-refractivity contribution in [3.05, 3.63) is 34.3 Å². The molecule has 4 aromatic rings. The number of likely N-dealkylation sites (tertiary alicyclic amines) is 1. The van der Waals surface area contributed by atoms with Gasteiger partial charge in [0.1, 0.15) is 46.4 Å². The van der Waals surface area contributed by atoms with Gasteiger partial charge in [0, 0.05) is 60.0 Å². The Hall–Kier alpha value is -4.92. The number of carbonyl (C=O) groups excluding carboxylic acids is 2. The number of hydrogen-bond donors (Lipinski definition) is 1. The number of amides is 2. The highest BCUT2D eigenvalue weighted by molar-refractivity contribution is 7.23. The molecule has 17 heteroatoms. The molecule has 0 spiro atoms. The smallest absolute Gasteiger partial charge is 0.412 e. The lowest BCUT2D eigenvalue weighted by Gasteiger charge is -2.42. The zero-order valence-corrected chi connectivity index (χ0v) is 35.9. The minimum absolute atomic E-state index is 0.00940. The number of halogens is 2. The number of aromatic nitrogens is 3. The van der Waals surface area contributed by atoms with E-state index in [-0.39, 0.29) is 71.3 Å². The first-order valence-electron chi connectivity index (χ1n) is 20.7. The number of piperazine rings is 1. The van der Waals surface area contributed by atoms with Crippen LogP contribution in [0.15, 0.2) is 6.20 Å². The summed E-state index contributed by atoms with van der Waals surface area (Å²) in [5.41, 5.74) is 0.578. The average Bonchev–Trinajstić information content (AvgIpc) is 3.98. The van der Waals surface area contributed by atoms with Crippen molar-refractivity contribution in [1.82, 2.24) is 24.8 Å². The van der Waals surface area contributed by atoms with Gasteiger partial charge in [-0.1, -0.05) is 0 Å². The predicted molar refractivity (Wildman–Crippen MR) is 222 cm³/mol. The lowest BCUT2D eigenvalue weighted by atomic mass is 9.92. The van der Waals surface area contributed by atoms with Crippen LogP contribution in [-0.2, 0) is 27.4 Å². The second-order valence-electron chi connectivity index (χ2n) is 18.8. The summed E-state index contributed by atoms with van der Waals surface area (Å²) in [6.45, 7) is 14.9. The van der Waals surface area contributed by atoms with Crippen molar-refractivity contribution in [3.8, 4) is 23.3 Å². The Bertz CT molecular complexity index is 2460. The van der Waals surface area contributed by atoms with Crippen molar-refractivity contribution in [2.24, 2.45) is 0 Å². The largest absolute Gasteiger partial charge is 0.461 e. The van der Waals surface area contributed by atoms with E-state index >= 15 is 4.39 Å². The van der Waals surface area contributed by atoms with Crippen LogP contribution in [0.5, 0.6) is 6.01 Å². The number of rotatable bonds is 6. The maximum Gasteiger partial charge on any atom is 0.412 e. The number of nitrogens with zero attached hydrogens (tertiary/aromatic N) is 7. The molecule has 3 aromatic heterocycles. The zero-order valence-electron chi connectivity index (χ0n) is 35.0. The van der Waals surface area contributed by atoms with Crippen LogP contribution in [0.3, 0.4) is 0 Å². The van der Waals surface area contributed by atoms with Crippen LogP contribution in [0.4, 0.5) is 29.2 Å². The van der Waals surface area contributed by atoms with E-state index in [1.807, 2.05) is 27.7 Å². The molecule has 2 bridgehead atoms. The molecule has 1 aromatic carbocycles.